The Kier molecular flexibility index (Phi) is 7.13. The van der Waals surface area contributed by atoms with Crippen molar-refractivity contribution in [3.05, 3.63) is 47.2 Å². The van der Waals surface area contributed by atoms with Gasteiger partial charge in [0.1, 0.15) is 5.82 Å². The summed E-state index contributed by atoms with van der Waals surface area (Å²) in [6, 6.07) is 10.2. The molecule has 2 fully saturated rings. The number of hydrogen-bond acceptors (Lipinski definition) is 6. The molecule has 0 spiro atoms. The van der Waals surface area contributed by atoms with Gasteiger partial charge < -0.3 is 14.7 Å². The molecule has 0 saturated carbocycles. The van der Waals surface area contributed by atoms with Crippen molar-refractivity contribution in [3.8, 4) is 0 Å². The quantitative estimate of drug-likeness (QED) is 0.503. The maximum atomic E-state index is 12.7. The van der Waals surface area contributed by atoms with Crippen LogP contribution in [0.3, 0.4) is 0 Å². The summed E-state index contributed by atoms with van der Waals surface area (Å²) in [7, 11) is 2.10. The molecule has 2 aromatic rings. The van der Waals surface area contributed by atoms with E-state index in [1.54, 1.807) is 11.8 Å². The molecule has 1 amide bonds. The van der Waals surface area contributed by atoms with Gasteiger partial charge >= 0.3 is 0 Å². The first kappa shape index (κ1) is 22.1. The maximum Gasteiger partial charge on any atom is 0.253 e. The molecule has 1 aromatic heterocycles. The molecule has 0 atom stereocenters. The summed E-state index contributed by atoms with van der Waals surface area (Å²) < 4.78 is 0. The number of benzene rings is 1. The molecule has 0 aliphatic carbocycles. The summed E-state index contributed by atoms with van der Waals surface area (Å²) in [5, 5.41) is 0.839. The van der Waals surface area contributed by atoms with Crippen LogP contribution in [0, 0.1) is 0 Å². The second-order valence-electron chi connectivity index (χ2n) is 8.86. The lowest BCUT2D eigenvalue weighted by Gasteiger charge is -2.32. The standard InChI is InChI=1S/C24H33N5OS/c1-18(2)21-16-22(28-10-4-5-11-28)26-24(25-21)31-17-19-6-8-20(9-7-19)23(30)29-14-12-27(3)13-15-29/h6-9,16,18H,4-5,10-15,17H2,1-3H3. The smallest absolute Gasteiger partial charge is 0.253 e. The molecule has 7 heteroatoms. The summed E-state index contributed by atoms with van der Waals surface area (Å²) in [6.07, 6.45) is 2.48. The third-order valence-electron chi connectivity index (χ3n) is 6.09. The molecule has 4 rings (SSSR count). The van der Waals surface area contributed by atoms with Crippen molar-refractivity contribution in [2.45, 2.75) is 43.5 Å². The zero-order valence-electron chi connectivity index (χ0n) is 18.9. The monoisotopic (exact) mass is 439 g/mol. The van der Waals surface area contributed by atoms with Crippen molar-refractivity contribution >= 4 is 23.5 Å². The van der Waals surface area contributed by atoms with Crippen molar-refractivity contribution in [2.24, 2.45) is 0 Å². The molecule has 2 aliphatic rings. The minimum absolute atomic E-state index is 0.135. The van der Waals surface area contributed by atoms with Crippen molar-refractivity contribution in [3.63, 3.8) is 0 Å². The van der Waals surface area contributed by atoms with Crippen molar-refractivity contribution < 1.29 is 4.79 Å². The summed E-state index contributed by atoms with van der Waals surface area (Å²) >= 11 is 1.67. The number of amides is 1. The van der Waals surface area contributed by atoms with E-state index in [2.05, 4.69) is 48.9 Å². The number of thioether (sulfide) groups is 1. The molecular weight excluding hydrogens is 406 g/mol. The lowest BCUT2D eigenvalue weighted by molar-refractivity contribution is 0.0664. The minimum Gasteiger partial charge on any atom is -0.356 e. The Balaban J connectivity index is 1.40. The molecule has 6 nitrogen and oxygen atoms in total. The Morgan fingerprint density at radius 3 is 2.32 bits per heavy atom. The lowest BCUT2D eigenvalue weighted by atomic mass is 10.1. The van der Waals surface area contributed by atoms with E-state index in [0.717, 1.165) is 67.3 Å². The van der Waals surface area contributed by atoms with E-state index in [9.17, 15) is 4.79 Å². The molecular formula is C24H33N5OS. The van der Waals surface area contributed by atoms with E-state index in [4.69, 9.17) is 9.97 Å². The van der Waals surface area contributed by atoms with Gasteiger partial charge in [0.15, 0.2) is 5.16 Å². The van der Waals surface area contributed by atoms with Crippen LogP contribution in [-0.2, 0) is 5.75 Å². The van der Waals surface area contributed by atoms with Gasteiger partial charge in [0.25, 0.3) is 5.91 Å². The fraction of sp³-hybridized carbons (Fsp3) is 0.542. The van der Waals surface area contributed by atoms with E-state index >= 15 is 0 Å². The van der Waals surface area contributed by atoms with Gasteiger partial charge in [0.2, 0.25) is 0 Å². The van der Waals surface area contributed by atoms with Crippen LogP contribution in [-0.4, -0.2) is 72.0 Å². The maximum absolute atomic E-state index is 12.7. The van der Waals surface area contributed by atoms with Gasteiger partial charge in [-0.2, -0.15) is 0 Å². The summed E-state index contributed by atoms with van der Waals surface area (Å²) in [5.74, 6) is 2.37. The van der Waals surface area contributed by atoms with Crippen molar-refractivity contribution in [2.75, 3.05) is 51.2 Å². The number of piperazine rings is 1. The normalized spacial score (nSPS) is 17.5. The van der Waals surface area contributed by atoms with Gasteiger partial charge in [0, 0.05) is 62.3 Å². The average Bonchev–Trinajstić information content (AvgIpc) is 3.33. The predicted octanol–water partition coefficient (Wildman–Crippen LogP) is 3.88. The number of likely N-dealkylation sites (N-methyl/N-ethyl adjacent to an activating group) is 1. The van der Waals surface area contributed by atoms with E-state index in [-0.39, 0.29) is 5.91 Å². The number of anilines is 1. The van der Waals surface area contributed by atoms with Crippen molar-refractivity contribution in [1.82, 2.24) is 19.8 Å². The number of rotatable bonds is 6. The van der Waals surface area contributed by atoms with Crippen LogP contribution in [0.5, 0.6) is 0 Å². The van der Waals surface area contributed by atoms with E-state index < -0.39 is 0 Å². The molecule has 0 radical (unpaired) electrons. The molecule has 166 valence electrons. The highest BCUT2D eigenvalue weighted by atomic mass is 32.2. The molecule has 0 bridgehead atoms. The van der Waals surface area contributed by atoms with Crippen LogP contribution in [0.2, 0.25) is 0 Å². The van der Waals surface area contributed by atoms with Crippen LogP contribution < -0.4 is 4.90 Å². The first-order valence-electron chi connectivity index (χ1n) is 11.3. The molecule has 2 aliphatic heterocycles. The Hall–Kier alpha value is -2.12. The van der Waals surface area contributed by atoms with E-state index in [1.165, 1.54) is 18.4 Å². The Morgan fingerprint density at radius 1 is 1.00 bits per heavy atom. The number of nitrogens with zero attached hydrogens (tertiary/aromatic N) is 5. The van der Waals surface area contributed by atoms with Crippen LogP contribution >= 0.6 is 11.8 Å². The van der Waals surface area contributed by atoms with Gasteiger partial charge in [-0.15, -0.1) is 0 Å². The first-order valence-corrected chi connectivity index (χ1v) is 12.3. The zero-order chi connectivity index (χ0) is 21.8. The van der Waals surface area contributed by atoms with Gasteiger partial charge in [-0.25, -0.2) is 9.97 Å². The first-order chi connectivity index (χ1) is 15.0. The van der Waals surface area contributed by atoms with Gasteiger partial charge in [-0.05, 0) is 43.5 Å². The number of carbonyl (C=O) groups is 1. The molecule has 1 aromatic carbocycles. The Labute approximate surface area is 190 Å². The molecule has 0 N–H and O–H groups in total. The largest absolute Gasteiger partial charge is 0.356 e. The molecule has 2 saturated heterocycles. The molecule has 31 heavy (non-hydrogen) atoms. The predicted molar refractivity (Wildman–Crippen MR) is 127 cm³/mol. The van der Waals surface area contributed by atoms with E-state index in [0.29, 0.717) is 5.92 Å². The van der Waals surface area contributed by atoms with Gasteiger partial charge in [-0.1, -0.05) is 37.7 Å². The van der Waals surface area contributed by atoms with Gasteiger partial charge in [0.05, 0.1) is 0 Å². The van der Waals surface area contributed by atoms with Crippen LogP contribution in [0.4, 0.5) is 5.82 Å². The fourth-order valence-electron chi connectivity index (χ4n) is 3.98. The highest BCUT2D eigenvalue weighted by Crippen LogP contribution is 2.27. The summed E-state index contributed by atoms with van der Waals surface area (Å²) in [5.41, 5.74) is 3.06. The number of aromatic nitrogens is 2. The lowest BCUT2D eigenvalue weighted by Crippen LogP contribution is -2.47. The van der Waals surface area contributed by atoms with Crippen LogP contribution in [0.25, 0.3) is 0 Å². The van der Waals surface area contributed by atoms with Crippen LogP contribution in [0.1, 0.15) is 54.2 Å². The Morgan fingerprint density at radius 2 is 1.68 bits per heavy atom. The zero-order valence-corrected chi connectivity index (χ0v) is 19.7. The Bertz CT molecular complexity index is 887. The minimum atomic E-state index is 0.135. The highest BCUT2D eigenvalue weighted by molar-refractivity contribution is 7.98. The van der Waals surface area contributed by atoms with E-state index in [1.807, 2.05) is 17.0 Å². The fourth-order valence-corrected chi connectivity index (χ4v) is 4.80. The number of hydrogen-bond donors (Lipinski definition) is 0. The number of carbonyl (C=O) groups excluding carboxylic acids is 1. The summed E-state index contributed by atoms with van der Waals surface area (Å²) in [4.78, 5) is 29.0. The third-order valence-corrected chi connectivity index (χ3v) is 7.01. The highest BCUT2D eigenvalue weighted by Gasteiger charge is 2.20. The second kappa shape index (κ2) is 10.0. The van der Waals surface area contributed by atoms with Gasteiger partial charge in [-0.3, -0.25) is 4.79 Å². The molecule has 0 unspecified atom stereocenters. The summed E-state index contributed by atoms with van der Waals surface area (Å²) in [6.45, 7) is 10.0. The average molecular weight is 440 g/mol. The van der Waals surface area contributed by atoms with Crippen molar-refractivity contribution in [1.29, 1.82) is 0 Å². The SMILES string of the molecule is CC(C)c1cc(N2CCCC2)nc(SCc2ccc(C(=O)N3CCN(C)CC3)cc2)n1. The van der Waals surface area contributed by atoms with Crippen LogP contribution in [0.15, 0.2) is 35.5 Å². The second-order valence-corrected chi connectivity index (χ2v) is 9.81. The molecule has 3 heterocycles. The topological polar surface area (TPSA) is 52.6 Å². The third kappa shape index (κ3) is 5.57.